The summed E-state index contributed by atoms with van der Waals surface area (Å²) in [6.07, 6.45) is 2.64. The van der Waals surface area contributed by atoms with Crippen LogP contribution in [0.15, 0.2) is 12.2 Å². The third-order valence-corrected chi connectivity index (χ3v) is 3.82. The van der Waals surface area contributed by atoms with Crippen LogP contribution >= 0.6 is 0 Å². The fourth-order valence-corrected chi connectivity index (χ4v) is 2.72. The molecule has 92 valence electrons. The molecule has 4 nitrogen and oxygen atoms in total. The summed E-state index contributed by atoms with van der Waals surface area (Å²) in [5.74, 6) is 0.390. The first kappa shape index (κ1) is 12.0. The van der Waals surface area contributed by atoms with Crippen molar-refractivity contribution in [3.63, 3.8) is 0 Å². The van der Waals surface area contributed by atoms with Crippen molar-refractivity contribution in [2.75, 3.05) is 14.2 Å². The summed E-state index contributed by atoms with van der Waals surface area (Å²) < 4.78 is 10.6. The van der Waals surface area contributed by atoms with E-state index < -0.39 is 11.9 Å². The van der Waals surface area contributed by atoms with Gasteiger partial charge in [0.1, 0.15) is 6.10 Å². The Morgan fingerprint density at radius 2 is 2.12 bits per heavy atom. The Bertz CT molecular complexity index is 274. The van der Waals surface area contributed by atoms with Gasteiger partial charge in [0.05, 0.1) is 0 Å². The maximum absolute atomic E-state index is 5.54. The quantitative estimate of drug-likeness (QED) is 0.421. The molecule has 0 aromatic heterocycles. The van der Waals surface area contributed by atoms with E-state index in [-0.39, 0.29) is 6.10 Å². The van der Waals surface area contributed by atoms with Crippen LogP contribution in [-0.4, -0.2) is 32.2 Å². The highest BCUT2D eigenvalue weighted by Crippen LogP contribution is 2.45. The predicted molar refractivity (Wildman–Crippen MR) is 58.7 cm³/mol. The van der Waals surface area contributed by atoms with E-state index in [0.717, 1.165) is 24.8 Å². The Kier molecular flexibility index (Phi) is 3.35. The van der Waals surface area contributed by atoms with E-state index in [1.165, 1.54) is 0 Å². The molecule has 4 heteroatoms. The van der Waals surface area contributed by atoms with Crippen molar-refractivity contribution in [3.05, 3.63) is 12.2 Å². The van der Waals surface area contributed by atoms with Crippen molar-refractivity contribution in [1.82, 2.24) is 0 Å². The van der Waals surface area contributed by atoms with Gasteiger partial charge in [-0.15, -0.1) is 0 Å². The Balaban J connectivity index is 2.15. The zero-order chi connectivity index (χ0) is 11.8. The van der Waals surface area contributed by atoms with Gasteiger partial charge in [-0.25, -0.2) is 9.78 Å². The van der Waals surface area contributed by atoms with Crippen LogP contribution in [0, 0.1) is 5.92 Å². The molecular weight excluding hydrogens is 208 g/mol. The Labute approximate surface area is 96.4 Å². The molecule has 2 fully saturated rings. The molecule has 1 heterocycles. The van der Waals surface area contributed by atoms with Gasteiger partial charge in [-0.3, -0.25) is 0 Å². The monoisotopic (exact) mass is 228 g/mol. The van der Waals surface area contributed by atoms with Crippen molar-refractivity contribution < 1.29 is 19.2 Å². The standard InChI is InChI=1S/C12H20O4/c1-8-5-6-9-7-10(8)15-16-12(9,2)11(13-3)14-4/h9-11H,1,5-7H2,2-4H3/t9-,10-,12+/m0/s1. The smallest absolute Gasteiger partial charge is 0.189 e. The predicted octanol–water partition coefficient (Wildman–Crippen LogP) is 2.05. The van der Waals surface area contributed by atoms with Crippen LogP contribution in [0.25, 0.3) is 0 Å². The Hall–Kier alpha value is -0.420. The molecule has 1 saturated carbocycles. The zero-order valence-electron chi connectivity index (χ0n) is 10.2. The van der Waals surface area contributed by atoms with Gasteiger partial charge in [-0.2, -0.15) is 0 Å². The molecule has 16 heavy (non-hydrogen) atoms. The van der Waals surface area contributed by atoms with Crippen LogP contribution in [0.1, 0.15) is 26.2 Å². The highest BCUT2D eigenvalue weighted by molar-refractivity contribution is 5.10. The largest absolute Gasteiger partial charge is 0.353 e. The summed E-state index contributed by atoms with van der Waals surface area (Å²) in [5, 5.41) is 0. The molecule has 1 saturated heterocycles. The van der Waals surface area contributed by atoms with Crippen molar-refractivity contribution in [3.8, 4) is 0 Å². The molecule has 0 radical (unpaired) electrons. The molecule has 0 aromatic carbocycles. The molecule has 2 rings (SSSR count). The summed E-state index contributed by atoms with van der Waals surface area (Å²) in [5.41, 5.74) is 0.602. The first-order valence-electron chi connectivity index (χ1n) is 5.69. The fourth-order valence-electron chi connectivity index (χ4n) is 2.72. The molecule has 1 aliphatic carbocycles. The van der Waals surface area contributed by atoms with Crippen LogP contribution in [0.3, 0.4) is 0 Å². The topological polar surface area (TPSA) is 36.9 Å². The number of methoxy groups -OCH3 is 2. The first-order chi connectivity index (χ1) is 7.61. The minimum atomic E-state index is -0.527. The van der Waals surface area contributed by atoms with Gasteiger partial charge in [-0.05, 0) is 37.7 Å². The molecule has 1 aliphatic heterocycles. The number of hydrogen-bond acceptors (Lipinski definition) is 4. The normalized spacial score (nSPS) is 39.1. The zero-order valence-corrected chi connectivity index (χ0v) is 10.2. The van der Waals surface area contributed by atoms with Gasteiger partial charge in [0, 0.05) is 14.2 Å². The maximum Gasteiger partial charge on any atom is 0.189 e. The minimum Gasteiger partial charge on any atom is -0.353 e. The third kappa shape index (κ3) is 1.80. The lowest BCUT2D eigenvalue weighted by atomic mass is 9.74. The van der Waals surface area contributed by atoms with Crippen LogP contribution in [0.4, 0.5) is 0 Å². The van der Waals surface area contributed by atoms with E-state index in [1.807, 2.05) is 6.92 Å². The van der Waals surface area contributed by atoms with Crippen molar-refractivity contribution in [1.29, 1.82) is 0 Å². The summed E-state index contributed by atoms with van der Waals surface area (Å²) in [6.45, 7) is 5.99. The van der Waals surface area contributed by atoms with E-state index in [4.69, 9.17) is 19.2 Å². The molecule has 0 amide bonds. The summed E-state index contributed by atoms with van der Waals surface area (Å²) in [7, 11) is 3.24. The second-order valence-corrected chi connectivity index (χ2v) is 4.78. The van der Waals surface area contributed by atoms with Gasteiger partial charge < -0.3 is 9.47 Å². The Morgan fingerprint density at radius 3 is 2.75 bits per heavy atom. The molecular formula is C12H20O4. The summed E-state index contributed by atoms with van der Waals surface area (Å²) in [4.78, 5) is 10.9. The summed E-state index contributed by atoms with van der Waals surface area (Å²) in [6, 6.07) is 0. The van der Waals surface area contributed by atoms with Crippen LogP contribution in [-0.2, 0) is 19.2 Å². The lowest BCUT2D eigenvalue weighted by molar-refractivity contribution is -0.451. The summed E-state index contributed by atoms with van der Waals surface area (Å²) >= 11 is 0. The van der Waals surface area contributed by atoms with E-state index in [1.54, 1.807) is 14.2 Å². The van der Waals surface area contributed by atoms with E-state index in [9.17, 15) is 0 Å². The van der Waals surface area contributed by atoms with E-state index >= 15 is 0 Å². The molecule has 2 aliphatic rings. The maximum atomic E-state index is 5.54. The molecule has 0 N–H and O–H groups in total. The number of fused-ring (bicyclic) bond motifs is 2. The molecule has 0 aromatic rings. The van der Waals surface area contributed by atoms with Crippen molar-refractivity contribution >= 4 is 0 Å². The minimum absolute atomic E-state index is 0.0428. The van der Waals surface area contributed by atoms with Gasteiger partial charge >= 0.3 is 0 Å². The first-order valence-corrected chi connectivity index (χ1v) is 5.69. The SMILES string of the molecule is C=C1CC[C@H]2C[C@@H]1OO[C@@]2(C)C(OC)OC. The molecule has 2 bridgehead atoms. The average Bonchev–Trinajstić information content (AvgIpc) is 2.29. The average molecular weight is 228 g/mol. The van der Waals surface area contributed by atoms with Crippen LogP contribution < -0.4 is 0 Å². The second kappa shape index (κ2) is 4.45. The van der Waals surface area contributed by atoms with Gasteiger partial charge in [0.15, 0.2) is 11.9 Å². The van der Waals surface area contributed by atoms with Gasteiger partial charge in [-0.1, -0.05) is 6.58 Å². The Morgan fingerprint density at radius 1 is 1.44 bits per heavy atom. The van der Waals surface area contributed by atoms with Gasteiger partial charge in [0.2, 0.25) is 0 Å². The fraction of sp³-hybridized carbons (Fsp3) is 0.833. The second-order valence-electron chi connectivity index (χ2n) is 4.78. The van der Waals surface area contributed by atoms with E-state index in [0.29, 0.717) is 5.92 Å². The highest BCUT2D eigenvalue weighted by atomic mass is 17.2. The third-order valence-electron chi connectivity index (χ3n) is 3.82. The number of hydrogen-bond donors (Lipinski definition) is 0. The highest BCUT2D eigenvalue weighted by Gasteiger charge is 2.51. The van der Waals surface area contributed by atoms with Gasteiger partial charge in [0.25, 0.3) is 0 Å². The van der Waals surface area contributed by atoms with Crippen LogP contribution in [0.5, 0.6) is 0 Å². The van der Waals surface area contributed by atoms with E-state index in [2.05, 4.69) is 6.58 Å². The van der Waals surface area contributed by atoms with Crippen LogP contribution in [0.2, 0.25) is 0 Å². The number of rotatable bonds is 3. The number of ether oxygens (including phenoxy) is 2. The lowest BCUT2D eigenvalue weighted by Crippen LogP contribution is -2.56. The molecule has 0 unspecified atom stereocenters. The molecule has 3 atom stereocenters. The van der Waals surface area contributed by atoms with Crippen molar-refractivity contribution in [2.24, 2.45) is 5.92 Å². The van der Waals surface area contributed by atoms with Crippen molar-refractivity contribution in [2.45, 2.75) is 44.2 Å². The lowest BCUT2D eigenvalue weighted by Gasteiger charge is -2.48. The molecule has 0 spiro atoms.